The van der Waals surface area contributed by atoms with Gasteiger partial charge in [-0.3, -0.25) is 9.78 Å². The van der Waals surface area contributed by atoms with Crippen LogP contribution in [0.4, 0.5) is 0 Å². The molecule has 1 aliphatic carbocycles. The highest BCUT2D eigenvalue weighted by Crippen LogP contribution is 2.19. The van der Waals surface area contributed by atoms with Crippen molar-refractivity contribution >= 4 is 5.91 Å². The minimum absolute atomic E-state index is 0.110. The molecule has 1 aromatic heterocycles. The van der Waals surface area contributed by atoms with E-state index in [0.717, 1.165) is 12.2 Å². The molecule has 0 radical (unpaired) electrons. The maximum Gasteiger partial charge on any atom is 0.255 e. The molecular formula is C11H15N3O2. The number of nitrogens with two attached hydrogens (primary N) is 1. The smallest absolute Gasteiger partial charge is 0.255 e. The number of nitrogens with zero attached hydrogens (tertiary/aromatic N) is 1. The van der Waals surface area contributed by atoms with Gasteiger partial charge in [0.15, 0.2) is 6.61 Å². The normalized spacial score (nSPS) is 14.8. The molecule has 86 valence electrons. The average molecular weight is 221 g/mol. The van der Waals surface area contributed by atoms with Crippen molar-refractivity contribution in [1.29, 1.82) is 0 Å². The number of rotatable bonds is 6. The van der Waals surface area contributed by atoms with E-state index >= 15 is 0 Å². The Morgan fingerprint density at radius 3 is 2.94 bits per heavy atom. The van der Waals surface area contributed by atoms with E-state index in [1.54, 1.807) is 12.3 Å². The Morgan fingerprint density at radius 2 is 2.38 bits per heavy atom. The molecule has 0 unspecified atom stereocenters. The van der Waals surface area contributed by atoms with Crippen LogP contribution >= 0.6 is 0 Å². The maximum absolute atomic E-state index is 10.5. The first-order valence-electron chi connectivity index (χ1n) is 5.33. The zero-order valence-electron chi connectivity index (χ0n) is 8.98. The molecule has 1 aliphatic rings. The molecule has 1 saturated carbocycles. The second-order valence-corrected chi connectivity index (χ2v) is 3.90. The molecule has 2 rings (SSSR count). The first-order valence-corrected chi connectivity index (χ1v) is 5.33. The zero-order chi connectivity index (χ0) is 11.4. The van der Waals surface area contributed by atoms with Crippen molar-refractivity contribution in [3.8, 4) is 5.75 Å². The number of carbonyl (C=O) groups is 1. The summed E-state index contributed by atoms with van der Waals surface area (Å²) in [5.41, 5.74) is 5.93. The molecule has 1 heterocycles. The number of carbonyl (C=O) groups excluding carboxylic acids is 1. The van der Waals surface area contributed by atoms with E-state index in [4.69, 9.17) is 10.5 Å². The number of hydrogen-bond acceptors (Lipinski definition) is 4. The van der Waals surface area contributed by atoms with E-state index in [1.807, 2.05) is 6.07 Å². The summed E-state index contributed by atoms with van der Waals surface area (Å²) >= 11 is 0. The van der Waals surface area contributed by atoms with Crippen LogP contribution in [-0.4, -0.2) is 23.5 Å². The first kappa shape index (κ1) is 10.9. The fraction of sp³-hybridized carbons (Fsp3) is 0.455. The van der Waals surface area contributed by atoms with E-state index in [9.17, 15) is 4.79 Å². The summed E-state index contributed by atoms with van der Waals surface area (Å²) in [7, 11) is 0. The van der Waals surface area contributed by atoms with Crippen molar-refractivity contribution in [2.24, 2.45) is 5.73 Å². The second-order valence-electron chi connectivity index (χ2n) is 3.90. The third-order valence-corrected chi connectivity index (χ3v) is 2.33. The molecule has 0 aliphatic heterocycles. The average Bonchev–Trinajstić information content (AvgIpc) is 3.09. The van der Waals surface area contributed by atoms with Crippen molar-refractivity contribution < 1.29 is 9.53 Å². The SMILES string of the molecule is NC(=O)COc1ccc(CNC2CC2)nc1. The number of pyridine rings is 1. The van der Waals surface area contributed by atoms with E-state index < -0.39 is 5.91 Å². The van der Waals surface area contributed by atoms with Crippen LogP contribution in [-0.2, 0) is 11.3 Å². The van der Waals surface area contributed by atoms with Crippen molar-refractivity contribution in [2.45, 2.75) is 25.4 Å². The second kappa shape index (κ2) is 4.94. The highest BCUT2D eigenvalue weighted by Gasteiger charge is 2.19. The molecule has 1 amide bonds. The standard InChI is InChI=1S/C11H15N3O2/c12-11(15)7-16-10-4-3-9(14-6-10)5-13-8-1-2-8/h3-4,6,8,13H,1-2,5,7H2,(H2,12,15). The lowest BCUT2D eigenvalue weighted by atomic mass is 10.3. The minimum atomic E-state index is -0.487. The predicted octanol–water partition coefficient (Wildman–Crippen LogP) is 0.198. The van der Waals surface area contributed by atoms with Crippen molar-refractivity contribution in [3.63, 3.8) is 0 Å². The summed E-state index contributed by atoms with van der Waals surface area (Å²) in [5.74, 6) is 0.0773. The highest BCUT2D eigenvalue weighted by molar-refractivity contribution is 5.75. The van der Waals surface area contributed by atoms with Gasteiger partial charge in [-0.2, -0.15) is 0 Å². The molecule has 3 N–H and O–H groups in total. The van der Waals surface area contributed by atoms with Gasteiger partial charge in [0.1, 0.15) is 5.75 Å². The fourth-order valence-corrected chi connectivity index (χ4v) is 1.29. The molecule has 0 atom stereocenters. The third kappa shape index (κ3) is 3.51. The summed E-state index contributed by atoms with van der Waals surface area (Å²) < 4.78 is 5.10. The van der Waals surface area contributed by atoms with Crippen LogP contribution in [0.3, 0.4) is 0 Å². The van der Waals surface area contributed by atoms with Gasteiger partial charge in [-0.05, 0) is 25.0 Å². The zero-order valence-corrected chi connectivity index (χ0v) is 8.98. The topological polar surface area (TPSA) is 77.2 Å². The number of ether oxygens (including phenoxy) is 1. The van der Waals surface area contributed by atoms with Crippen LogP contribution in [0.15, 0.2) is 18.3 Å². The molecule has 1 fully saturated rings. The third-order valence-electron chi connectivity index (χ3n) is 2.33. The van der Waals surface area contributed by atoms with Crippen LogP contribution in [0.5, 0.6) is 5.75 Å². The minimum Gasteiger partial charge on any atom is -0.482 e. The Hall–Kier alpha value is -1.62. The number of amides is 1. The molecule has 5 nitrogen and oxygen atoms in total. The molecule has 0 aromatic carbocycles. The van der Waals surface area contributed by atoms with Gasteiger partial charge in [-0.1, -0.05) is 0 Å². The first-order chi connectivity index (χ1) is 7.74. The summed E-state index contributed by atoms with van der Waals surface area (Å²) in [4.78, 5) is 14.7. The Bertz CT molecular complexity index is 360. The van der Waals surface area contributed by atoms with Gasteiger partial charge < -0.3 is 15.8 Å². The number of primary amides is 1. The summed E-state index contributed by atoms with van der Waals surface area (Å²) in [5, 5.41) is 3.37. The van der Waals surface area contributed by atoms with Crippen LogP contribution in [0.2, 0.25) is 0 Å². The Kier molecular flexibility index (Phi) is 3.36. The predicted molar refractivity (Wildman–Crippen MR) is 58.8 cm³/mol. The molecular weight excluding hydrogens is 206 g/mol. The molecule has 16 heavy (non-hydrogen) atoms. The van der Waals surface area contributed by atoms with Gasteiger partial charge in [-0.15, -0.1) is 0 Å². The van der Waals surface area contributed by atoms with Gasteiger partial charge in [0.2, 0.25) is 0 Å². The van der Waals surface area contributed by atoms with E-state index in [-0.39, 0.29) is 6.61 Å². The fourth-order valence-electron chi connectivity index (χ4n) is 1.29. The van der Waals surface area contributed by atoms with Gasteiger partial charge >= 0.3 is 0 Å². The van der Waals surface area contributed by atoms with Crippen molar-refractivity contribution in [3.05, 3.63) is 24.0 Å². The van der Waals surface area contributed by atoms with Crippen LogP contribution < -0.4 is 15.8 Å². The monoisotopic (exact) mass is 221 g/mol. The van der Waals surface area contributed by atoms with Crippen molar-refractivity contribution in [2.75, 3.05) is 6.61 Å². The van der Waals surface area contributed by atoms with Crippen LogP contribution in [0.25, 0.3) is 0 Å². The lowest BCUT2D eigenvalue weighted by Crippen LogP contribution is -2.20. The van der Waals surface area contributed by atoms with Gasteiger partial charge in [0.25, 0.3) is 5.91 Å². The Balaban J connectivity index is 1.80. The van der Waals surface area contributed by atoms with Gasteiger partial charge in [-0.25, -0.2) is 0 Å². The van der Waals surface area contributed by atoms with E-state index in [2.05, 4.69) is 10.3 Å². The molecule has 0 spiro atoms. The van der Waals surface area contributed by atoms with Gasteiger partial charge in [0.05, 0.1) is 11.9 Å². The summed E-state index contributed by atoms with van der Waals surface area (Å²) in [6.07, 6.45) is 4.13. The van der Waals surface area contributed by atoms with Crippen LogP contribution in [0.1, 0.15) is 18.5 Å². The number of aromatic nitrogens is 1. The van der Waals surface area contributed by atoms with Crippen LogP contribution in [0, 0.1) is 0 Å². The van der Waals surface area contributed by atoms with E-state index in [1.165, 1.54) is 12.8 Å². The lowest BCUT2D eigenvalue weighted by Gasteiger charge is -2.05. The molecule has 1 aromatic rings. The quantitative estimate of drug-likeness (QED) is 0.719. The summed E-state index contributed by atoms with van der Waals surface area (Å²) in [6, 6.07) is 4.35. The number of hydrogen-bond donors (Lipinski definition) is 2. The lowest BCUT2D eigenvalue weighted by molar-refractivity contribution is -0.119. The highest BCUT2D eigenvalue weighted by atomic mass is 16.5. The largest absolute Gasteiger partial charge is 0.482 e. The Morgan fingerprint density at radius 1 is 1.56 bits per heavy atom. The molecule has 5 heteroatoms. The maximum atomic E-state index is 10.5. The van der Waals surface area contributed by atoms with E-state index in [0.29, 0.717) is 11.8 Å². The van der Waals surface area contributed by atoms with Gasteiger partial charge in [0, 0.05) is 12.6 Å². The molecule has 0 bridgehead atoms. The van der Waals surface area contributed by atoms with Crippen molar-refractivity contribution in [1.82, 2.24) is 10.3 Å². The summed E-state index contributed by atoms with van der Waals surface area (Å²) in [6.45, 7) is 0.669. The Labute approximate surface area is 94.0 Å². The molecule has 0 saturated heterocycles. The number of nitrogens with one attached hydrogen (secondary N) is 1.